The lowest BCUT2D eigenvalue weighted by molar-refractivity contribution is -0.127. The van der Waals surface area contributed by atoms with Crippen molar-refractivity contribution >= 4 is 15.9 Å². The number of hydrogen-bond donors (Lipinski definition) is 2. The van der Waals surface area contributed by atoms with E-state index in [9.17, 15) is 18.3 Å². The molecule has 0 aromatic heterocycles. The highest BCUT2D eigenvalue weighted by Crippen LogP contribution is 2.20. The van der Waals surface area contributed by atoms with Crippen molar-refractivity contribution in [3.05, 3.63) is 0 Å². The summed E-state index contributed by atoms with van der Waals surface area (Å²) in [6.45, 7) is 2.45. The van der Waals surface area contributed by atoms with Crippen molar-refractivity contribution in [3.8, 4) is 0 Å². The molecule has 7 nitrogen and oxygen atoms in total. The number of carbonyl (C=O) groups is 1. The molecule has 124 valence electrons. The van der Waals surface area contributed by atoms with Crippen LogP contribution >= 0.6 is 0 Å². The molecule has 1 fully saturated rings. The van der Waals surface area contributed by atoms with Crippen LogP contribution in [-0.4, -0.2) is 68.4 Å². The maximum Gasteiger partial charge on any atom is 0.238 e. The summed E-state index contributed by atoms with van der Waals surface area (Å²) in [7, 11) is -1.86. The molecule has 2 unspecified atom stereocenters. The van der Waals surface area contributed by atoms with Crippen LogP contribution in [0.15, 0.2) is 0 Å². The number of nitrogens with zero attached hydrogens (tertiary/aromatic N) is 1. The average molecular weight is 322 g/mol. The summed E-state index contributed by atoms with van der Waals surface area (Å²) in [4.78, 5) is 12.2. The van der Waals surface area contributed by atoms with Crippen LogP contribution in [0.2, 0.25) is 0 Å². The van der Waals surface area contributed by atoms with Gasteiger partial charge in [-0.25, -0.2) is 8.42 Å². The summed E-state index contributed by atoms with van der Waals surface area (Å²) in [5.74, 6) is -0.349. The first-order chi connectivity index (χ1) is 9.67. The second-order valence-corrected chi connectivity index (χ2v) is 7.78. The van der Waals surface area contributed by atoms with Gasteiger partial charge >= 0.3 is 0 Å². The average Bonchev–Trinajstić information content (AvgIpc) is 2.42. The van der Waals surface area contributed by atoms with Gasteiger partial charge in [-0.15, -0.1) is 0 Å². The van der Waals surface area contributed by atoms with Crippen molar-refractivity contribution in [1.29, 1.82) is 0 Å². The third kappa shape index (κ3) is 5.90. The molecular formula is C13H26N2O5S. The first kappa shape index (κ1) is 18.3. The van der Waals surface area contributed by atoms with Crippen LogP contribution in [0, 0.1) is 0 Å². The highest BCUT2D eigenvalue weighted by molar-refractivity contribution is 7.88. The van der Waals surface area contributed by atoms with Crippen molar-refractivity contribution in [3.63, 3.8) is 0 Å². The first-order valence-corrected chi connectivity index (χ1v) is 8.98. The zero-order valence-electron chi connectivity index (χ0n) is 13.0. The monoisotopic (exact) mass is 322 g/mol. The lowest BCUT2D eigenvalue weighted by atomic mass is 10.0. The molecular weight excluding hydrogens is 296 g/mol. The van der Waals surface area contributed by atoms with Crippen LogP contribution in [0.25, 0.3) is 0 Å². The van der Waals surface area contributed by atoms with E-state index >= 15 is 0 Å². The fraction of sp³-hybridized carbons (Fsp3) is 0.923. The third-order valence-electron chi connectivity index (χ3n) is 3.67. The van der Waals surface area contributed by atoms with Gasteiger partial charge < -0.3 is 15.2 Å². The topological polar surface area (TPSA) is 95.9 Å². The van der Waals surface area contributed by atoms with Crippen LogP contribution in [0.3, 0.4) is 0 Å². The van der Waals surface area contributed by atoms with Gasteiger partial charge in [0, 0.05) is 33.2 Å². The van der Waals surface area contributed by atoms with E-state index in [2.05, 4.69) is 5.32 Å². The normalized spacial score (nSPS) is 23.5. The van der Waals surface area contributed by atoms with E-state index in [1.807, 2.05) is 0 Å². The molecule has 1 amide bonds. The Balaban J connectivity index is 2.61. The molecule has 0 aliphatic carbocycles. The second-order valence-electron chi connectivity index (χ2n) is 5.84. The molecule has 0 bridgehead atoms. The van der Waals surface area contributed by atoms with Crippen LogP contribution in [-0.2, 0) is 19.6 Å². The van der Waals surface area contributed by atoms with Crippen LogP contribution < -0.4 is 5.32 Å². The predicted molar refractivity (Wildman–Crippen MR) is 79.3 cm³/mol. The second kappa shape index (κ2) is 7.53. The van der Waals surface area contributed by atoms with Crippen molar-refractivity contribution in [2.75, 3.05) is 33.1 Å². The standard InChI is InChI=1S/C13H26N2O5S/c1-13(17,7-9-20-2)10-14-12(16)11-6-4-5-8-15(11)21(3,18)19/h11,17H,4-10H2,1-3H3,(H,14,16). The number of aliphatic hydroxyl groups is 1. The van der Waals surface area contributed by atoms with Gasteiger partial charge in [0.1, 0.15) is 6.04 Å². The van der Waals surface area contributed by atoms with Gasteiger partial charge in [-0.3, -0.25) is 4.79 Å². The van der Waals surface area contributed by atoms with E-state index in [1.165, 1.54) is 4.31 Å². The Morgan fingerprint density at radius 3 is 2.71 bits per heavy atom. The highest BCUT2D eigenvalue weighted by Gasteiger charge is 2.35. The summed E-state index contributed by atoms with van der Waals surface area (Å²) >= 11 is 0. The van der Waals surface area contributed by atoms with Gasteiger partial charge in [0.25, 0.3) is 0 Å². The minimum atomic E-state index is -3.40. The Hall–Kier alpha value is -0.700. The van der Waals surface area contributed by atoms with Crippen molar-refractivity contribution < 1.29 is 23.1 Å². The molecule has 0 saturated carbocycles. The number of nitrogens with one attached hydrogen (secondary N) is 1. The number of ether oxygens (including phenoxy) is 1. The smallest absolute Gasteiger partial charge is 0.238 e. The molecule has 1 saturated heterocycles. The van der Waals surface area contributed by atoms with Crippen LogP contribution in [0.4, 0.5) is 0 Å². The van der Waals surface area contributed by atoms with Gasteiger partial charge in [0.15, 0.2) is 0 Å². The molecule has 1 rings (SSSR count). The highest BCUT2D eigenvalue weighted by atomic mass is 32.2. The first-order valence-electron chi connectivity index (χ1n) is 7.13. The largest absolute Gasteiger partial charge is 0.388 e. The number of amides is 1. The third-order valence-corrected chi connectivity index (χ3v) is 4.96. The Morgan fingerprint density at radius 1 is 1.48 bits per heavy atom. The quantitative estimate of drug-likeness (QED) is 0.671. The molecule has 0 aromatic rings. The summed E-state index contributed by atoms with van der Waals surface area (Å²) in [5.41, 5.74) is -1.07. The van der Waals surface area contributed by atoms with Gasteiger partial charge in [-0.05, 0) is 19.8 Å². The molecule has 21 heavy (non-hydrogen) atoms. The molecule has 8 heteroatoms. The van der Waals surface area contributed by atoms with Gasteiger partial charge in [0.2, 0.25) is 15.9 Å². The number of piperidine rings is 1. The Kier molecular flexibility index (Phi) is 6.58. The maximum atomic E-state index is 12.2. The van der Waals surface area contributed by atoms with Crippen molar-refractivity contribution in [2.45, 2.75) is 44.2 Å². The number of hydrogen-bond acceptors (Lipinski definition) is 5. The van der Waals surface area contributed by atoms with Crippen LogP contribution in [0.1, 0.15) is 32.6 Å². The molecule has 0 aromatic carbocycles. The van der Waals surface area contributed by atoms with Crippen molar-refractivity contribution in [2.24, 2.45) is 0 Å². The van der Waals surface area contributed by atoms with Gasteiger partial charge in [-0.2, -0.15) is 4.31 Å². The van der Waals surface area contributed by atoms with E-state index in [-0.39, 0.29) is 12.5 Å². The van der Waals surface area contributed by atoms with E-state index in [4.69, 9.17) is 4.74 Å². The Morgan fingerprint density at radius 2 is 2.14 bits per heavy atom. The number of sulfonamides is 1. The lowest BCUT2D eigenvalue weighted by Crippen LogP contribution is -2.53. The van der Waals surface area contributed by atoms with E-state index in [1.54, 1.807) is 14.0 Å². The SMILES string of the molecule is COCCC(C)(O)CNC(=O)C1CCCCN1S(C)(=O)=O. The zero-order valence-corrected chi connectivity index (χ0v) is 13.8. The van der Waals surface area contributed by atoms with Gasteiger partial charge in [-0.1, -0.05) is 6.42 Å². The molecule has 2 atom stereocenters. The molecule has 1 heterocycles. The number of rotatable bonds is 7. The summed E-state index contributed by atoms with van der Waals surface area (Å²) in [5, 5.41) is 12.7. The van der Waals surface area contributed by atoms with Gasteiger partial charge in [0.05, 0.1) is 11.9 Å². The molecule has 1 aliphatic rings. The lowest BCUT2D eigenvalue weighted by Gasteiger charge is -2.33. The predicted octanol–water partition coefficient (Wildman–Crippen LogP) is -0.296. The van der Waals surface area contributed by atoms with E-state index < -0.39 is 21.7 Å². The van der Waals surface area contributed by atoms with E-state index in [0.29, 0.717) is 26.0 Å². The molecule has 0 radical (unpaired) electrons. The van der Waals surface area contributed by atoms with Crippen LogP contribution in [0.5, 0.6) is 0 Å². The number of methoxy groups -OCH3 is 1. The van der Waals surface area contributed by atoms with E-state index in [0.717, 1.165) is 19.1 Å². The minimum absolute atomic E-state index is 0.0727. The summed E-state index contributed by atoms with van der Waals surface area (Å²) in [6.07, 6.45) is 3.61. The zero-order chi connectivity index (χ0) is 16.1. The fourth-order valence-electron chi connectivity index (χ4n) is 2.37. The summed E-state index contributed by atoms with van der Waals surface area (Å²) < 4.78 is 29.6. The maximum absolute atomic E-state index is 12.2. The summed E-state index contributed by atoms with van der Waals surface area (Å²) in [6, 6.07) is -0.674. The Labute approximate surface area is 126 Å². The molecule has 2 N–H and O–H groups in total. The van der Waals surface area contributed by atoms with Crippen molar-refractivity contribution in [1.82, 2.24) is 9.62 Å². The fourth-order valence-corrected chi connectivity index (χ4v) is 3.49. The Bertz CT molecular complexity index is 449. The molecule has 0 spiro atoms. The molecule has 1 aliphatic heterocycles. The minimum Gasteiger partial charge on any atom is -0.388 e. The number of carbonyl (C=O) groups excluding carboxylic acids is 1.